The van der Waals surface area contributed by atoms with Gasteiger partial charge in [-0.2, -0.15) is 0 Å². The normalized spacial score (nSPS) is 24.3. The summed E-state index contributed by atoms with van der Waals surface area (Å²) in [5.74, 6) is -1.76. The Hall–Kier alpha value is -1.58. The minimum Gasteiger partial charge on any atom is -0.477 e. The number of β-lactam (4-membered cyclic amide) rings is 1. The third-order valence-corrected chi connectivity index (χ3v) is 4.98. The van der Waals surface area contributed by atoms with Crippen LogP contribution in [0.25, 0.3) is 0 Å². The van der Waals surface area contributed by atoms with E-state index in [0.717, 1.165) is 0 Å². The van der Waals surface area contributed by atoms with E-state index < -0.39 is 18.0 Å². The number of thioether (sulfide) groups is 1. The van der Waals surface area contributed by atoms with Gasteiger partial charge in [-0.15, -0.1) is 11.8 Å². The Morgan fingerprint density at radius 3 is 2.78 bits per heavy atom. The fourth-order valence-corrected chi connectivity index (χ4v) is 3.97. The van der Waals surface area contributed by atoms with Gasteiger partial charge in [0.05, 0.1) is 18.1 Å². The van der Waals surface area contributed by atoms with Gasteiger partial charge in [-0.1, -0.05) is 0 Å². The van der Waals surface area contributed by atoms with Crippen molar-refractivity contribution in [2.24, 2.45) is 5.92 Å². The highest BCUT2D eigenvalue weighted by Crippen LogP contribution is 2.46. The number of ether oxygens (including phenoxy) is 1. The van der Waals surface area contributed by atoms with E-state index in [1.54, 1.807) is 0 Å². The van der Waals surface area contributed by atoms with Crippen molar-refractivity contribution in [2.45, 2.75) is 25.5 Å². The van der Waals surface area contributed by atoms with E-state index in [4.69, 9.17) is 4.74 Å². The lowest BCUT2D eigenvalue weighted by Gasteiger charge is -2.44. The second-order valence-electron chi connectivity index (χ2n) is 5.45. The third kappa shape index (κ3) is 3.51. The number of aliphatic hydroxyl groups is 1. The predicted molar refractivity (Wildman–Crippen MR) is 82.4 cm³/mol. The Bertz CT molecular complexity index is 547. The number of carbonyl (C=O) groups excluding carboxylic acids is 2. The standard InChI is InChI=1S/C14H20N2O6S/c1-7(17)11-8-5-9(12(14(20)21)16(8)13(11)19)23-4-3-15-10(18)6-22-2/h7-8,11,17H,3-6H2,1-2H3,(H,15,18)(H,20,21)/t7-,8-,11-/m1/s1. The van der Waals surface area contributed by atoms with Crippen LogP contribution in [0, 0.1) is 5.92 Å². The summed E-state index contributed by atoms with van der Waals surface area (Å²) in [4.78, 5) is 36.6. The quantitative estimate of drug-likeness (QED) is 0.397. The van der Waals surface area contributed by atoms with Gasteiger partial charge in [-0.25, -0.2) is 4.79 Å². The van der Waals surface area contributed by atoms with Gasteiger partial charge in [0, 0.05) is 30.7 Å². The van der Waals surface area contributed by atoms with Gasteiger partial charge >= 0.3 is 5.97 Å². The van der Waals surface area contributed by atoms with Crippen LogP contribution < -0.4 is 5.32 Å². The Morgan fingerprint density at radius 2 is 2.22 bits per heavy atom. The fourth-order valence-electron chi connectivity index (χ4n) is 2.91. The van der Waals surface area contributed by atoms with Crippen LogP contribution in [0.5, 0.6) is 0 Å². The Kier molecular flexibility index (Phi) is 5.66. The maximum Gasteiger partial charge on any atom is 0.353 e. The summed E-state index contributed by atoms with van der Waals surface area (Å²) in [6.45, 7) is 1.90. The molecule has 0 bridgehead atoms. The van der Waals surface area contributed by atoms with Gasteiger partial charge in [-0.05, 0) is 6.92 Å². The molecule has 8 nitrogen and oxygen atoms in total. The third-order valence-electron chi connectivity index (χ3n) is 3.87. The molecule has 9 heteroatoms. The summed E-state index contributed by atoms with van der Waals surface area (Å²) in [5.41, 5.74) is 0.00474. The number of fused-ring (bicyclic) bond motifs is 1. The van der Waals surface area contributed by atoms with Crippen LogP contribution in [0.15, 0.2) is 10.6 Å². The van der Waals surface area contributed by atoms with Crippen molar-refractivity contribution in [3.8, 4) is 0 Å². The number of carboxylic acids is 1. The molecule has 0 saturated carbocycles. The van der Waals surface area contributed by atoms with Crippen molar-refractivity contribution < 1.29 is 29.3 Å². The zero-order chi connectivity index (χ0) is 17.1. The SMILES string of the molecule is COCC(=O)NCCSC1=C(C(=O)O)N2C(=O)[C@H]([C@@H](C)O)[C@H]2C1. The van der Waals surface area contributed by atoms with Crippen LogP contribution >= 0.6 is 11.8 Å². The minimum absolute atomic E-state index is 0.00474. The number of nitrogens with zero attached hydrogens (tertiary/aromatic N) is 1. The average Bonchev–Trinajstić information content (AvgIpc) is 2.78. The lowest BCUT2D eigenvalue weighted by atomic mass is 9.83. The van der Waals surface area contributed by atoms with Crippen molar-refractivity contribution in [1.29, 1.82) is 0 Å². The number of amides is 2. The second kappa shape index (κ2) is 7.33. The summed E-state index contributed by atoms with van der Waals surface area (Å²) in [6.07, 6.45) is -0.365. The molecule has 128 valence electrons. The molecular formula is C14H20N2O6S. The fraction of sp³-hybridized carbons (Fsp3) is 0.643. The van der Waals surface area contributed by atoms with Gasteiger partial charge in [0.15, 0.2) is 0 Å². The van der Waals surface area contributed by atoms with E-state index in [1.165, 1.54) is 30.7 Å². The summed E-state index contributed by atoms with van der Waals surface area (Å²) in [6, 6.07) is -0.279. The smallest absolute Gasteiger partial charge is 0.353 e. The summed E-state index contributed by atoms with van der Waals surface area (Å²) < 4.78 is 4.69. The molecule has 2 aliphatic rings. The van der Waals surface area contributed by atoms with Crippen LogP contribution in [0.1, 0.15) is 13.3 Å². The van der Waals surface area contributed by atoms with Gasteiger partial charge in [0.25, 0.3) is 0 Å². The summed E-state index contributed by atoms with van der Waals surface area (Å²) >= 11 is 1.31. The number of nitrogens with one attached hydrogen (secondary N) is 1. The van der Waals surface area contributed by atoms with Gasteiger partial charge < -0.3 is 25.2 Å². The monoisotopic (exact) mass is 344 g/mol. The molecule has 23 heavy (non-hydrogen) atoms. The molecule has 0 radical (unpaired) electrons. The minimum atomic E-state index is -1.14. The molecule has 1 saturated heterocycles. The van der Waals surface area contributed by atoms with Crippen LogP contribution in [-0.4, -0.2) is 71.1 Å². The second-order valence-corrected chi connectivity index (χ2v) is 6.64. The zero-order valence-electron chi connectivity index (χ0n) is 12.9. The van der Waals surface area contributed by atoms with E-state index in [1.807, 2.05) is 0 Å². The number of aliphatic hydroxyl groups excluding tert-OH is 1. The Balaban J connectivity index is 1.94. The Morgan fingerprint density at radius 1 is 1.52 bits per heavy atom. The van der Waals surface area contributed by atoms with Crippen molar-refractivity contribution in [1.82, 2.24) is 10.2 Å². The van der Waals surface area contributed by atoms with Crippen LogP contribution in [0.3, 0.4) is 0 Å². The molecular weight excluding hydrogens is 324 g/mol. The number of carboxylic acid groups (broad SMARTS) is 1. The molecule has 2 heterocycles. The predicted octanol–water partition coefficient (Wildman–Crippen LogP) is -0.610. The van der Waals surface area contributed by atoms with Crippen LogP contribution in [0.2, 0.25) is 0 Å². The van der Waals surface area contributed by atoms with Gasteiger partial charge in [0.2, 0.25) is 11.8 Å². The van der Waals surface area contributed by atoms with E-state index in [2.05, 4.69) is 5.32 Å². The number of aliphatic carboxylic acids is 1. The molecule has 0 aromatic rings. The Labute approximate surface area is 137 Å². The molecule has 0 aliphatic carbocycles. The highest BCUT2D eigenvalue weighted by molar-refractivity contribution is 8.03. The molecule has 2 rings (SSSR count). The molecule has 2 aliphatic heterocycles. The topological polar surface area (TPSA) is 116 Å². The summed E-state index contributed by atoms with van der Waals surface area (Å²) in [5, 5.41) is 21.6. The van der Waals surface area contributed by atoms with Crippen molar-refractivity contribution >= 4 is 29.5 Å². The van der Waals surface area contributed by atoms with Crippen LogP contribution in [0.4, 0.5) is 0 Å². The molecule has 3 N–H and O–H groups in total. The molecule has 0 unspecified atom stereocenters. The highest BCUT2D eigenvalue weighted by atomic mass is 32.2. The molecule has 1 fully saturated rings. The lowest BCUT2D eigenvalue weighted by Crippen LogP contribution is -2.61. The maximum atomic E-state index is 12.0. The molecule has 0 spiro atoms. The van der Waals surface area contributed by atoms with Crippen molar-refractivity contribution in [3.05, 3.63) is 10.6 Å². The first-order chi connectivity index (χ1) is 10.9. The average molecular weight is 344 g/mol. The lowest BCUT2D eigenvalue weighted by molar-refractivity contribution is -0.161. The van der Waals surface area contributed by atoms with Gasteiger partial charge in [-0.3, -0.25) is 9.59 Å². The van der Waals surface area contributed by atoms with Crippen LogP contribution in [-0.2, 0) is 19.1 Å². The molecule has 0 aromatic carbocycles. The van der Waals surface area contributed by atoms with E-state index in [0.29, 0.717) is 23.6 Å². The first kappa shape index (κ1) is 17.8. The first-order valence-corrected chi connectivity index (χ1v) is 8.23. The highest BCUT2D eigenvalue weighted by Gasteiger charge is 2.56. The van der Waals surface area contributed by atoms with Gasteiger partial charge in [0.1, 0.15) is 12.3 Å². The summed E-state index contributed by atoms with van der Waals surface area (Å²) in [7, 11) is 1.43. The maximum absolute atomic E-state index is 12.0. The largest absolute Gasteiger partial charge is 0.477 e. The molecule has 3 atom stereocenters. The van der Waals surface area contributed by atoms with E-state index >= 15 is 0 Å². The number of carbonyl (C=O) groups is 3. The number of rotatable bonds is 8. The zero-order valence-corrected chi connectivity index (χ0v) is 13.8. The van der Waals surface area contributed by atoms with Crippen molar-refractivity contribution in [2.75, 3.05) is 26.0 Å². The van der Waals surface area contributed by atoms with E-state index in [-0.39, 0.29) is 30.2 Å². The number of hydrogen-bond acceptors (Lipinski definition) is 6. The first-order valence-electron chi connectivity index (χ1n) is 7.24. The molecule has 0 aromatic heterocycles. The number of methoxy groups -OCH3 is 1. The number of hydrogen-bond donors (Lipinski definition) is 3. The van der Waals surface area contributed by atoms with Crippen molar-refractivity contribution in [3.63, 3.8) is 0 Å². The molecule has 2 amide bonds. The van der Waals surface area contributed by atoms with E-state index in [9.17, 15) is 24.6 Å².